The lowest BCUT2D eigenvalue weighted by Gasteiger charge is -2.42. The number of carboxylic acids is 1. The number of hydrogen-bond donors (Lipinski definition) is 3. The second kappa shape index (κ2) is 19.4. The number of ether oxygens (including phenoxy) is 1. The molecule has 0 aliphatic carbocycles. The van der Waals surface area contributed by atoms with Crippen molar-refractivity contribution in [2.24, 2.45) is 23.7 Å². The Morgan fingerprint density at radius 2 is 1.48 bits per heavy atom. The molecule has 0 aliphatic rings. The Labute approximate surface area is 302 Å². The number of benzene rings is 2. The number of nitrogens with one attached hydrogen (secondary N) is 1. The molecule has 0 spiro atoms. The molecule has 3 N–H and O–H groups in total. The number of aliphatic carboxylic acids is 1. The summed E-state index contributed by atoms with van der Waals surface area (Å²) in [6.45, 7) is 21.5. The van der Waals surface area contributed by atoms with Crippen LogP contribution in [0.15, 0.2) is 54.6 Å². The van der Waals surface area contributed by atoms with Crippen molar-refractivity contribution >= 4 is 26.1 Å². The third kappa shape index (κ3) is 13.8. The number of aliphatic hydroxyl groups excluding tert-OH is 1. The summed E-state index contributed by atoms with van der Waals surface area (Å²) in [5.74, 6) is -0.984. The quantitative estimate of drug-likeness (QED) is 0.123. The Balaban J connectivity index is 1.91. The first-order valence-electron chi connectivity index (χ1n) is 18.1. The van der Waals surface area contributed by atoms with Gasteiger partial charge in [-0.15, -0.1) is 0 Å². The molecule has 2 aromatic rings. The van der Waals surface area contributed by atoms with Crippen molar-refractivity contribution in [3.63, 3.8) is 0 Å². The summed E-state index contributed by atoms with van der Waals surface area (Å²) in [7, 11) is -0.617. The molecule has 0 radical (unpaired) electrons. The van der Waals surface area contributed by atoms with Gasteiger partial charge in [-0.2, -0.15) is 0 Å². The van der Waals surface area contributed by atoms with Gasteiger partial charge in [-0.05, 0) is 78.4 Å². The van der Waals surface area contributed by atoms with E-state index in [1.54, 1.807) is 24.3 Å². The molecule has 0 aliphatic heterocycles. The van der Waals surface area contributed by atoms with Gasteiger partial charge in [0.15, 0.2) is 8.32 Å². The Hall–Kier alpha value is -3.21. The van der Waals surface area contributed by atoms with Crippen LogP contribution in [0.3, 0.4) is 0 Å². The van der Waals surface area contributed by atoms with Crippen LogP contribution in [0.5, 0.6) is 5.75 Å². The maximum Gasteiger partial charge on any atom is 0.326 e. The van der Waals surface area contributed by atoms with Crippen LogP contribution in [-0.4, -0.2) is 73.1 Å². The first kappa shape index (κ1) is 43.0. The third-order valence-electron chi connectivity index (χ3n) is 10.3. The van der Waals surface area contributed by atoms with E-state index in [1.165, 1.54) is 11.9 Å². The Morgan fingerprint density at radius 1 is 0.880 bits per heavy atom. The summed E-state index contributed by atoms with van der Waals surface area (Å²) < 4.78 is 12.7. The van der Waals surface area contributed by atoms with E-state index >= 15 is 0 Å². The van der Waals surface area contributed by atoms with Crippen molar-refractivity contribution in [3.8, 4) is 5.75 Å². The summed E-state index contributed by atoms with van der Waals surface area (Å²) in [4.78, 5) is 39.4. The van der Waals surface area contributed by atoms with Crippen molar-refractivity contribution in [1.82, 2.24) is 10.2 Å². The van der Waals surface area contributed by atoms with Crippen LogP contribution in [-0.2, 0) is 31.8 Å². The van der Waals surface area contributed by atoms with Gasteiger partial charge in [0.25, 0.3) is 0 Å². The Kier molecular flexibility index (Phi) is 16.7. The smallest absolute Gasteiger partial charge is 0.326 e. The van der Waals surface area contributed by atoms with Gasteiger partial charge < -0.3 is 29.6 Å². The summed E-state index contributed by atoms with van der Waals surface area (Å²) in [6.07, 6.45) is 1.63. The summed E-state index contributed by atoms with van der Waals surface area (Å²) in [6, 6.07) is 15.9. The monoisotopic (exact) mass is 712 g/mol. The largest absolute Gasteiger partial charge is 0.489 e. The number of rotatable bonds is 20. The van der Waals surface area contributed by atoms with Crippen LogP contribution in [0, 0.1) is 23.7 Å². The number of aliphatic hydroxyl groups is 1. The molecular formula is C40H64N2O7Si. The number of likely N-dealkylation sites (N-methyl/N-ethyl adjacent to an activating group) is 1. The van der Waals surface area contributed by atoms with Crippen LogP contribution in [0.25, 0.3) is 0 Å². The number of nitrogens with zero attached hydrogens (tertiary/aromatic N) is 1. The van der Waals surface area contributed by atoms with Gasteiger partial charge in [0.05, 0.1) is 18.8 Å². The van der Waals surface area contributed by atoms with Gasteiger partial charge in [0, 0.05) is 19.4 Å². The van der Waals surface area contributed by atoms with Gasteiger partial charge in [-0.1, -0.05) is 97.9 Å². The molecule has 9 nitrogen and oxygen atoms in total. The maximum absolute atomic E-state index is 13.1. The molecule has 6 atom stereocenters. The van der Waals surface area contributed by atoms with E-state index < -0.39 is 32.3 Å². The van der Waals surface area contributed by atoms with Gasteiger partial charge in [-0.3, -0.25) is 9.59 Å². The van der Waals surface area contributed by atoms with Gasteiger partial charge in [0.2, 0.25) is 11.8 Å². The Bertz CT molecular complexity index is 1340. The van der Waals surface area contributed by atoms with E-state index in [9.17, 15) is 24.6 Å². The summed E-state index contributed by atoms with van der Waals surface area (Å²) >= 11 is 0. The molecule has 0 unspecified atom stereocenters. The number of hydrogen-bond acceptors (Lipinski definition) is 6. The molecule has 2 amide bonds. The molecular weight excluding hydrogens is 649 g/mol. The van der Waals surface area contributed by atoms with Crippen molar-refractivity contribution in [2.75, 3.05) is 13.6 Å². The van der Waals surface area contributed by atoms with Crippen molar-refractivity contribution in [3.05, 3.63) is 65.7 Å². The average molecular weight is 713 g/mol. The fraction of sp³-hybridized carbons (Fsp3) is 0.625. The predicted octanol–water partition coefficient (Wildman–Crippen LogP) is 7.32. The number of carbonyl (C=O) groups is 3. The van der Waals surface area contributed by atoms with Crippen LogP contribution in [0.1, 0.15) is 85.8 Å². The zero-order valence-corrected chi connectivity index (χ0v) is 33.4. The van der Waals surface area contributed by atoms with Crippen LogP contribution in [0.4, 0.5) is 0 Å². The SMILES string of the molecule is CC(C)[C@@H](O)C[C@H](O[Si](C)(C)C(C)(C)C)[C@H](C)C[C@H](C)C[C@H](C)C(=O)NCC(=O)N(C)[C@H](Cc1ccc(OCc2ccccc2)cc1)C(=O)O. The topological polar surface area (TPSA) is 125 Å². The minimum atomic E-state index is -2.07. The normalized spacial score (nSPS) is 15.8. The lowest BCUT2D eigenvalue weighted by Crippen LogP contribution is -2.48. The van der Waals surface area contributed by atoms with E-state index in [0.29, 0.717) is 25.2 Å². The van der Waals surface area contributed by atoms with Crippen molar-refractivity contribution in [1.29, 1.82) is 0 Å². The zero-order valence-electron chi connectivity index (χ0n) is 32.4. The highest BCUT2D eigenvalue weighted by Gasteiger charge is 2.41. The molecule has 2 aromatic carbocycles. The number of carboxylic acid groups (broad SMARTS) is 1. The third-order valence-corrected chi connectivity index (χ3v) is 14.8. The van der Waals surface area contributed by atoms with Crippen LogP contribution >= 0.6 is 0 Å². The number of amides is 2. The Morgan fingerprint density at radius 3 is 2.02 bits per heavy atom. The molecule has 0 fully saturated rings. The van der Waals surface area contributed by atoms with E-state index in [0.717, 1.165) is 17.5 Å². The summed E-state index contributed by atoms with van der Waals surface area (Å²) in [5, 5.41) is 23.5. The molecule has 10 heteroatoms. The second-order valence-corrected chi connectivity index (χ2v) is 20.9. The standard InChI is InChI=1S/C40H64N2O7Si/c1-27(2)35(43)24-36(49-50(10,11)40(6,7)8)29(4)21-28(3)22-30(5)38(45)41-25-37(44)42(9)34(39(46)47)23-31-17-19-33(20-18-31)48-26-32-15-13-12-14-16-32/h12-20,27-30,34-36,43H,21-26H2,1-11H3,(H,41,45)(H,46,47)/t28-,29+,30-,34+,35-,36-/m0/s1. The van der Waals surface area contributed by atoms with Crippen molar-refractivity contribution < 1.29 is 33.8 Å². The molecule has 0 saturated carbocycles. The first-order chi connectivity index (χ1) is 23.2. The zero-order chi connectivity index (χ0) is 37.8. The van der Waals surface area contributed by atoms with E-state index in [1.807, 2.05) is 51.1 Å². The maximum atomic E-state index is 13.1. The highest BCUT2D eigenvalue weighted by atomic mass is 28.4. The molecule has 0 saturated heterocycles. The second-order valence-electron chi connectivity index (χ2n) is 16.1. The molecule has 280 valence electrons. The number of carbonyl (C=O) groups excluding carboxylic acids is 2. The molecule has 0 aromatic heterocycles. The van der Waals surface area contributed by atoms with E-state index in [2.05, 4.69) is 53.0 Å². The lowest BCUT2D eigenvalue weighted by molar-refractivity contribution is -0.148. The minimum absolute atomic E-state index is 0.0473. The first-order valence-corrected chi connectivity index (χ1v) is 21.0. The van der Waals surface area contributed by atoms with Gasteiger partial charge >= 0.3 is 5.97 Å². The highest BCUT2D eigenvalue weighted by molar-refractivity contribution is 6.74. The highest BCUT2D eigenvalue weighted by Crippen LogP contribution is 2.39. The summed E-state index contributed by atoms with van der Waals surface area (Å²) in [5.41, 5.74) is 1.80. The lowest BCUT2D eigenvalue weighted by atomic mass is 9.84. The van der Waals surface area contributed by atoms with E-state index in [4.69, 9.17) is 9.16 Å². The fourth-order valence-corrected chi connectivity index (χ4v) is 7.21. The molecule has 0 heterocycles. The molecule has 2 rings (SSSR count). The molecule has 50 heavy (non-hydrogen) atoms. The fourth-order valence-electron chi connectivity index (χ4n) is 5.77. The van der Waals surface area contributed by atoms with E-state index in [-0.39, 0.29) is 53.7 Å². The van der Waals surface area contributed by atoms with Crippen LogP contribution in [0.2, 0.25) is 18.1 Å². The minimum Gasteiger partial charge on any atom is -0.489 e. The van der Waals surface area contributed by atoms with Crippen molar-refractivity contribution in [2.45, 2.75) is 124 Å². The van der Waals surface area contributed by atoms with Gasteiger partial charge in [-0.25, -0.2) is 4.79 Å². The van der Waals surface area contributed by atoms with Crippen LogP contribution < -0.4 is 10.1 Å². The molecule has 0 bridgehead atoms. The average Bonchev–Trinajstić information content (AvgIpc) is 3.04. The predicted molar refractivity (Wildman–Crippen MR) is 202 cm³/mol. The van der Waals surface area contributed by atoms with Gasteiger partial charge in [0.1, 0.15) is 18.4 Å².